The molecule has 27 heavy (non-hydrogen) atoms. The lowest BCUT2D eigenvalue weighted by atomic mass is 10.2. The topological polar surface area (TPSA) is 114 Å². The molecular formula is C17H19N5O5. The molecule has 0 aliphatic rings. The predicted molar refractivity (Wildman–Crippen MR) is 95.2 cm³/mol. The molecule has 3 aromatic rings. The van der Waals surface area contributed by atoms with E-state index in [-0.39, 0.29) is 17.6 Å². The van der Waals surface area contributed by atoms with Crippen molar-refractivity contribution in [2.24, 2.45) is 0 Å². The van der Waals surface area contributed by atoms with Gasteiger partial charge in [0.2, 0.25) is 11.6 Å². The average molecular weight is 373 g/mol. The Morgan fingerprint density at radius 1 is 1.15 bits per heavy atom. The summed E-state index contributed by atoms with van der Waals surface area (Å²) in [5.74, 6) is 1.08. The third-order valence-corrected chi connectivity index (χ3v) is 3.75. The van der Waals surface area contributed by atoms with Crippen molar-refractivity contribution in [2.75, 3.05) is 26.6 Å². The molecule has 1 amide bonds. The Hall–Kier alpha value is -3.56. The van der Waals surface area contributed by atoms with Gasteiger partial charge in [0, 0.05) is 18.3 Å². The molecule has 0 atom stereocenters. The molecule has 0 spiro atoms. The highest BCUT2D eigenvalue weighted by Crippen LogP contribution is 2.41. The summed E-state index contributed by atoms with van der Waals surface area (Å²) < 4.78 is 23.1. The van der Waals surface area contributed by atoms with Gasteiger partial charge in [-0.05, 0) is 25.1 Å². The summed E-state index contributed by atoms with van der Waals surface area (Å²) in [7, 11) is 4.53. The van der Waals surface area contributed by atoms with Crippen molar-refractivity contribution < 1.29 is 23.4 Å². The Balaban J connectivity index is 1.84. The number of methoxy groups -OCH3 is 3. The Kier molecular flexibility index (Phi) is 5.25. The maximum absolute atomic E-state index is 12.2. The molecule has 0 saturated heterocycles. The zero-order chi connectivity index (χ0) is 19.4. The summed E-state index contributed by atoms with van der Waals surface area (Å²) >= 11 is 0. The van der Waals surface area contributed by atoms with Crippen LogP contribution in [0.5, 0.6) is 17.2 Å². The van der Waals surface area contributed by atoms with Crippen molar-refractivity contribution in [2.45, 2.75) is 13.5 Å². The van der Waals surface area contributed by atoms with Gasteiger partial charge in [0.05, 0.1) is 21.3 Å². The normalized spacial score (nSPS) is 10.5. The molecule has 10 heteroatoms. The first-order valence-corrected chi connectivity index (χ1v) is 8.08. The van der Waals surface area contributed by atoms with Crippen LogP contribution < -0.4 is 19.5 Å². The summed E-state index contributed by atoms with van der Waals surface area (Å²) in [5.41, 5.74) is 0.803. The number of benzene rings is 1. The van der Waals surface area contributed by atoms with Gasteiger partial charge in [-0.2, -0.15) is 5.10 Å². The minimum atomic E-state index is -0.442. The number of carbonyl (C=O) groups is 1. The zero-order valence-corrected chi connectivity index (χ0v) is 15.3. The first kappa shape index (κ1) is 18.2. The van der Waals surface area contributed by atoms with Crippen LogP contribution >= 0.6 is 0 Å². The minimum Gasteiger partial charge on any atom is -0.493 e. The molecule has 2 aromatic heterocycles. The Bertz CT molecular complexity index is 924. The number of aromatic nitrogens is 4. The van der Waals surface area contributed by atoms with E-state index in [9.17, 15) is 4.79 Å². The molecule has 10 nitrogen and oxygen atoms in total. The summed E-state index contributed by atoms with van der Waals surface area (Å²) in [6, 6.07) is 4.90. The molecule has 3 rings (SSSR count). The van der Waals surface area contributed by atoms with Crippen LogP contribution in [0, 0.1) is 0 Å². The summed E-state index contributed by atoms with van der Waals surface area (Å²) in [4.78, 5) is 12.2. The second-order valence-electron chi connectivity index (χ2n) is 5.34. The first-order valence-electron chi connectivity index (χ1n) is 8.08. The van der Waals surface area contributed by atoms with Crippen LogP contribution in [0.25, 0.3) is 11.5 Å². The van der Waals surface area contributed by atoms with Crippen molar-refractivity contribution in [3.05, 3.63) is 30.1 Å². The van der Waals surface area contributed by atoms with Crippen molar-refractivity contribution in [1.82, 2.24) is 20.0 Å². The van der Waals surface area contributed by atoms with Crippen molar-refractivity contribution >= 4 is 11.9 Å². The quantitative estimate of drug-likeness (QED) is 0.671. The number of hydrogen-bond donors (Lipinski definition) is 1. The van der Waals surface area contributed by atoms with Crippen molar-refractivity contribution in [1.29, 1.82) is 0 Å². The number of aryl methyl sites for hydroxylation is 1. The molecule has 0 fully saturated rings. The number of carbonyl (C=O) groups excluding carboxylic acids is 1. The number of ether oxygens (including phenoxy) is 3. The van der Waals surface area contributed by atoms with Crippen LogP contribution in [0.4, 0.5) is 6.01 Å². The van der Waals surface area contributed by atoms with Crippen LogP contribution in [-0.2, 0) is 6.54 Å². The van der Waals surface area contributed by atoms with Crippen LogP contribution in [0.15, 0.2) is 28.8 Å². The maximum Gasteiger partial charge on any atom is 0.322 e. The van der Waals surface area contributed by atoms with E-state index in [2.05, 4.69) is 20.6 Å². The van der Waals surface area contributed by atoms with E-state index in [0.717, 1.165) is 0 Å². The molecule has 0 aliphatic carbocycles. The van der Waals surface area contributed by atoms with Gasteiger partial charge < -0.3 is 18.6 Å². The molecule has 0 radical (unpaired) electrons. The smallest absolute Gasteiger partial charge is 0.322 e. The monoisotopic (exact) mass is 373 g/mol. The van der Waals surface area contributed by atoms with Crippen LogP contribution in [0.2, 0.25) is 0 Å². The van der Waals surface area contributed by atoms with Crippen molar-refractivity contribution in [3.8, 4) is 28.7 Å². The summed E-state index contributed by atoms with van der Waals surface area (Å²) in [5, 5.41) is 14.4. The first-order chi connectivity index (χ1) is 13.1. The lowest BCUT2D eigenvalue weighted by molar-refractivity contribution is 0.101. The molecule has 0 saturated carbocycles. The lowest BCUT2D eigenvalue weighted by Gasteiger charge is -2.12. The van der Waals surface area contributed by atoms with Gasteiger partial charge in [-0.15, -0.1) is 5.10 Å². The second-order valence-corrected chi connectivity index (χ2v) is 5.34. The lowest BCUT2D eigenvalue weighted by Crippen LogP contribution is -2.13. The van der Waals surface area contributed by atoms with Gasteiger partial charge in [-0.1, -0.05) is 5.10 Å². The average Bonchev–Trinajstić information content (AvgIpc) is 3.36. The van der Waals surface area contributed by atoms with Gasteiger partial charge in [0.1, 0.15) is 0 Å². The number of nitrogens with one attached hydrogen (secondary N) is 1. The van der Waals surface area contributed by atoms with E-state index in [1.807, 2.05) is 6.92 Å². The molecule has 142 valence electrons. The second kappa shape index (κ2) is 7.77. The van der Waals surface area contributed by atoms with E-state index in [0.29, 0.717) is 29.4 Å². The molecule has 0 unspecified atom stereocenters. The van der Waals surface area contributed by atoms with Crippen LogP contribution in [-0.4, -0.2) is 47.2 Å². The van der Waals surface area contributed by atoms with Gasteiger partial charge in [-0.25, -0.2) is 0 Å². The van der Waals surface area contributed by atoms with E-state index in [4.69, 9.17) is 18.6 Å². The van der Waals surface area contributed by atoms with E-state index < -0.39 is 5.91 Å². The van der Waals surface area contributed by atoms with Crippen LogP contribution in [0.1, 0.15) is 17.4 Å². The van der Waals surface area contributed by atoms with Gasteiger partial charge in [0.15, 0.2) is 17.2 Å². The van der Waals surface area contributed by atoms with E-state index in [1.54, 1.807) is 29.1 Å². The Labute approximate surface area is 155 Å². The molecule has 2 heterocycles. The Morgan fingerprint density at radius 2 is 1.85 bits per heavy atom. The largest absolute Gasteiger partial charge is 0.493 e. The standard InChI is InChI=1S/C17H19N5O5/c1-5-22-7-6-11(21-22)15(23)18-17-20-19-16(27-17)10-8-12(24-2)14(26-4)13(9-10)25-3/h6-9H,5H2,1-4H3,(H,18,20,23). The highest BCUT2D eigenvalue weighted by Gasteiger charge is 2.19. The Morgan fingerprint density at radius 3 is 2.41 bits per heavy atom. The third-order valence-electron chi connectivity index (χ3n) is 3.75. The number of nitrogens with zero attached hydrogens (tertiary/aromatic N) is 4. The highest BCUT2D eigenvalue weighted by molar-refractivity contribution is 6.01. The molecule has 1 N–H and O–H groups in total. The zero-order valence-electron chi connectivity index (χ0n) is 15.3. The molecule has 0 bridgehead atoms. The fourth-order valence-electron chi connectivity index (χ4n) is 2.42. The predicted octanol–water partition coefficient (Wildman–Crippen LogP) is 2.23. The number of amides is 1. The third kappa shape index (κ3) is 3.68. The maximum atomic E-state index is 12.2. The van der Waals surface area contributed by atoms with Crippen LogP contribution in [0.3, 0.4) is 0 Å². The fraction of sp³-hybridized carbons (Fsp3) is 0.294. The SMILES string of the molecule is CCn1ccc(C(=O)Nc2nnc(-c3cc(OC)c(OC)c(OC)c3)o2)n1. The number of rotatable bonds is 7. The van der Waals surface area contributed by atoms with E-state index >= 15 is 0 Å². The minimum absolute atomic E-state index is 0.0465. The molecular weight excluding hydrogens is 354 g/mol. The van der Waals surface area contributed by atoms with Crippen molar-refractivity contribution in [3.63, 3.8) is 0 Å². The number of anilines is 1. The molecule has 0 aliphatic heterocycles. The molecule has 1 aromatic carbocycles. The highest BCUT2D eigenvalue weighted by atomic mass is 16.5. The van der Waals surface area contributed by atoms with Gasteiger partial charge in [0.25, 0.3) is 5.91 Å². The van der Waals surface area contributed by atoms with Gasteiger partial charge in [-0.3, -0.25) is 14.8 Å². The van der Waals surface area contributed by atoms with Gasteiger partial charge >= 0.3 is 6.01 Å². The summed E-state index contributed by atoms with van der Waals surface area (Å²) in [6.45, 7) is 2.59. The number of hydrogen-bond acceptors (Lipinski definition) is 8. The summed E-state index contributed by atoms with van der Waals surface area (Å²) in [6.07, 6.45) is 1.71. The fourth-order valence-corrected chi connectivity index (χ4v) is 2.42. The van der Waals surface area contributed by atoms with E-state index in [1.165, 1.54) is 21.3 Å².